The summed E-state index contributed by atoms with van der Waals surface area (Å²) in [5.74, 6) is 0.992. The summed E-state index contributed by atoms with van der Waals surface area (Å²) in [7, 11) is 4.31. The Balaban J connectivity index is 2.39. The van der Waals surface area contributed by atoms with Crippen LogP contribution in [0.5, 0.6) is 0 Å². The van der Waals surface area contributed by atoms with Gasteiger partial charge in [-0.15, -0.1) is 0 Å². The molecule has 0 aromatic carbocycles. The second-order valence-corrected chi connectivity index (χ2v) is 6.95. The molecule has 106 valence electrons. The van der Waals surface area contributed by atoms with E-state index >= 15 is 0 Å². The van der Waals surface area contributed by atoms with Crippen molar-refractivity contribution in [2.75, 3.05) is 33.7 Å². The lowest BCUT2D eigenvalue weighted by Crippen LogP contribution is -2.45. The van der Waals surface area contributed by atoms with Gasteiger partial charge in [-0.25, -0.2) is 4.98 Å². The van der Waals surface area contributed by atoms with Crippen LogP contribution >= 0.6 is 12.2 Å². The first-order chi connectivity index (χ1) is 8.77. The van der Waals surface area contributed by atoms with Crippen molar-refractivity contribution >= 4 is 12.2 Å². The fourth-order valence-electron chi connectivity index (χ4n) is 2.34. The molecule has 1 aliphatic heterocycles. The molecular weight excluding hydrogens is 256 g/mol. The smallest absolute Gasteiger partial charge is 0.130 e. The number of nitrogens with one attached hydrogen (secondary N) is 1. The third-order valence-electron chi connectivity index (χ3n) is 3.74. The molecule has 5 heteroatoms. The Morgan fingerprint density at radius 3 is 2.63 bits per heavy atom. The summed E-state index contributed by atoms with van der Waals surface area (Å²) in [5.41, 5.74) is 1.22. The number of nitrogens with zero attached hydrogens (tertiary/aromatic N) is 3. The van der Waals surface area contributed by atoms with E-state index in [0.29, 0.717) is 10.7 Å². The first-order valence-electron chi connectivity index (χ1n) is 6.78. The molecule has 0 bridgehead atoms. The van der Waals surface area contributed by atoms with Crippen LogP contribution in [0.4, 0.5) is 0 Å². The molecule has 1 aromatic heterocycles. The van der Waals surface area contributed by atoms with Gasteiger partial charge in [-0.2, -0.15) is 0 Å². The van der Waals surface area contributed by atoms with Crippen LogP contribution in [0.1, 0.15) is 38.3 Å². The van der Waals surface area contributed by atoms with Gasteiger partial charge in [0.2, 0.25) is 0 Å². The summed E-state index contributed by atoms with van der Waals surface area (Å²) in [4.78, 5) is 12.7. The zero-order valence-electron chi connectivity index (χ0n) is 12.5. The maximum absolute atomic E-state index is 5.33. The second kappa shape index (κ2) is 5.31. The first kappa shape index (κ1) is 14.6. The van der Waals surface area contributed by atoms with Gasteiger partial charge in [-0.1, -0.05) is 33.0 Å². The lowest BCUT2D eigenvalue weighted by Gasteiger charge is -2.37. The Kier molecular flexibility index (Phi) is 4.08. The maximum Gasteiger partial charge on any atom is 0.130 e. The van der Waals surface area contributed by atoms with Crippen LogP contribution in [0.3, 0.4) is 0 Å². The van der Waals surface area contributed by atoms with Gasteiger partial charge in [0.15, 0.2) is 0 Å². The van der Waals surface area contributed by atoms with Crippen LogP contribution in [0.15, 0.2) is 6.07 Å². The van der Waals surface area contributed by atoms with Crippen molar-refractivity contribution in [3.63, 3.8) is 0 Å². The van der Waals surface area contributed by atoms with Crippen molar-refractivity contribution in [2.45, 2.75) is 32.2 Å². The molecule has 0 radical (unpaired) electrons. The van der Waals surface area contributed by atoms with E-state index in [1.165, 1.54) is 0 Å². The number of piperazine rings is 1. The predicted octanol–water partition coefficient (Wildman–Crippen LogP) is 2.35. The summed E-state index contributed by atoms with van der Waals surface area (Å²) >= 11 is 5.33. The minimum absolute atomic E-state index is 0.0599. The fourth-order valence-corrected chi connectivity index (χ4v) is 2.56. The van der Waals surface area contributed by atoms with Crippen LogP contribution in [-0.2, 0) is 5.41 Å². The summed E-state index contributed by atoms with van der Waals surface area (Å²) in [6, 6.07) is 2.27. The largest absolute Gasteiger partial charge is 0.345 e. The zero-order chi connectivity index (χ0) is 14.2. The normalized spacial score (nSPS) is 22.7. The molecular formula is C14H24N4S. The predicted molar refractivity (Wildman–Crippen MR) is 81.0 cm³/mol. The van der Waals surface area contributed by atoms with E-state index in [2.05, 4.69) is 54.6 Å². The summed E-state index contributed by atoms with van der Waals surface area (Å²) in [6.45, 7) is 9.72. The van der Waals surface area contributed by atoms with E-state index in [1.54, 1.807) is 0 Å². The summed E-state index contributed by atoms with van der Waals surface area (Å²) in [6.07, 6.45) is 0. The topological polar surface area (TPSA) is 35.2 Å². The third-order valence-corrected chi connectivity index (χ3v) is 3.95. The van der Waals surface area contributed by atoms with Gasteiger partial charge in [0, 0.05) is 30.7 Å². The van der Waals surface area contributed by atoms with Gasteiger partial charge >= 0.3 is 0 Å². The maximum atomic E-state index is 5.33. The van der Waals surface area contributed by atoms with E-state index in [1.807, 2.05) is 6.07 Å². The molecule has 2 heterocycles. The molecule has 0 spiro atoms. The highest BCUT2D eigenvalue weighted by Gasteiger charge is 2.26. The fraction of sp³-hybridized carbons (Fsp3) is 0.714. The molecule has 2 rings (SSSR count). The Morgan fingerprint density at radius 2 is 2.00 bits per heavy atom. The van der Waals surface area contributed by atoms with Crippen molar-refractivity contribution in [1.82, 2.24) is 19.8 Å². The Labute approximate surface area is 120 Å². The van der Waals surface area contributed by atoms with Crippen LogP contribution in [0.25, 0.3) is 0 Å². The van der Waals surface area contributed by atoms with Crippen LogP contribution in [0.2, 0.25) is 0 Å². The molecule has 1 atom stereocenters. The number of rotatable bonds is 1. The van der Waals surface area contributed by atoms with Gasteiger partial charge in [-0.05, 0) is 20.2 Å². The lowest BCUT2D eigenvalue weighted by atomic mass is 9.92. The van der Waals surface area contributed by atoms with Crippen LogP contribution < -0.4 is 0 Å². The zero-order valence-corrected chi connectivity index (χ0v) is 13.3. The average Bonchev–Trinajstić information content (AvgIpc) is 2.30. The van der Waals surface area contributed by atoms with Crippen LogP contribution in [-0.4, -0.2) is 53.5 Å². The second-order valence-electron chi connectivity index (χ2n) is 6.53. The van der Waals surface area contributed by atoms with Crippen LogP contribution in [0, 0.1) is 4.64 Å². The SMILES string of the molecule is CN1CCN(C)C(c2nc(=S)cc(C(C)(C)C)[nH]2)C1. The summed E-state index contributed by atoms with van der Waals surface area (Å²) in [5, 5.41) is 0. The standard InChI is InChI=1S/C14H24N4S/c1-14(2,3)11-8-12(19)16-13(15-11)10-9-17(4)6-7-18(10)5/h8,10H,6-7,9H2,1-5H3,(H,15,16,19). The number of hydrogen-bond acceptors (Lipinski definition) is 4. The van der Waals surface area contributed by atoms with Gasteiger partial charge in [0.25, 0.3) is 0 Å². The van der Waals surface area contributed by atoms with Crippen molar-refractivity contribution in [1.29, 1.82) is 0 Å². The van der Waals surface area contributed by atoms with Crippen molar-refractivity contribution in [3.8, 4) is 0 Å². The number of hydrogen-bond donors (Lipinski definition) is 1. The van der Waals surface area contributed by atoms with Crippen molar-refractivity contribution < 1.29 is 0 Å². The minimum atomic E-state index is 0.0599. The Bertz CT molecular complexity index is 503. The molecule has 1 N–H and O–H groups in total. The number of aromatic nitrogens is 2. The van der Waals surface area contributed by atoms with E-state index in [4.69, 9.17) is 12.2 Å². The van der Waals surface area contributed by atoms with E-state index < -0.39 is 0 Å². The molecule has 19 heavy (non-hydrogen) atoms. The number of aromatic amines is 1. The minimum Gasteiger partial charge on any atom is -0.345 e. The summed E-state index contributed by atoms with van der Waals surface area (Å²) < 4.78 is 0.681. The monoisotopic (exact) mass is 280 g/mol. The quantitative estimate of drug-likeness (QED) is 0.801. The van der Waals surface area contributed by atoms with E-state index in [-0.39, 0.29) is 5.41 Å². The van der Waals surface area contributed by atoms with Gasteiger partial charge < -0.3 is 9.88 Å². The van der Waals surface area contributed by atoms with E-state index in [0.717, 1.165) is 31.2 Å². The molecule has 1 unspecified atom stereocenters. The van der Waals surface area contributed by atoms with E-state index in [9.17, 15) is 0 Å². The van der Waals surface area contributed by atoms with Gasteiger partial charge in [-0.3, -0.25) is 4.90 Å². The molecule has 0 saturated carbocycles. The Hall–Kier alpha value is -0.780. The lowest BCUT2D eigenvalue weighted by molar-refractivity contribution is 0.109. The van der Waals surface area contributed by atoms with Gasteiger partial charge in [0.1, 0.15) is 10.5 Å². The highest BCUT2D eigenvalue weighted by atomic mass is 32.1. The number of likely N-dealkylation sites (N-methyl/N-ethyl adjacent to an activating group) is 2. The van der Waals surface area contributed by atoms with Gasteiger partial charge in [0.05, 0.1) is 6.04 Å². The molecule has 1 aromatic rings. The average molecular weight is 280 g/mol. The molecule has 1 fully saturated rings. The Morgan fingerprint density at radius 1 is 1.32 bits per heavy atom. The molecule has 4 nitrogen and oxygen atoms in total. The third kappa shape index (κ3) is 3.41. The highest BCUT2D eigenvalue weighted by Crippen LogP contribution is 2.24. The highest BCUT2D eigenvalue weighted by molar-refractivity contribution is 7.71. The molecule has 0 aliphatic carbocycles. The number of H-pyrrole nitrogens is 1. The molecule has 1 saturated heterocycles. The van der Waals surface area contributed by atoms with Crippen molar-refractivity contribution in [2.24, 2.45) is 0 Å². The molecule has 0 amide bonds. The van der Waals surface area contributed by atoms with Crippen molar-refractivity contribution in [3.05, 3.63) is 22.2 Å². The molecule has 1 aliphatic rings. The first-order valence-corrected chi connectivity index (χ1v) is 7.19.